The fourth-order valence-corrected chi connectivity index (χ4v) is 4.05. The average molecular weight is 337 g/mol. The minimum Gasteiger partial charge on any atom is -0.302 e. The second-order valence-electron chi connectivity index (χ2n) is 4.85. The molecule has 0 radical (unpaired) electrons. The molecule has 21 heavy (non-hydrogen) atoms. The van der Waals surface area contributed by atoms with Crippen molar-refractivity contribution >= 4 is 55.5 Å². The Morgan fingerprint density at radius 3 is 2.71 bits per heavy atom. The van der Waals surface area contributed by atoms with Crippen molar-refractivity contribution in [3.63, 3.8) is 0 Å². The van der Waals surface area contributed by atoms with E-state index in [4.69, 9.17) is 11.6 Å². The van der Waals surface area contributed by atoms with E-state index in [-0.39, 0.29) is 5.91 Å². The summed E-state index contributed by atoms with van der Waals surface area (Å²) in [6, 6.07) is 7.84. The summed E-state index contributed by atoms with van der Waals surface area (Å²) in [5, 5.41) is 3.50. The summed E-state index contributed by atoms with van der Waals surface area (Å²) in [4.78, 5) is 17.4. The molecule has 108 valence electrons. The maximum atomic E-state index is 12.0. The van der Waals surface area contributed by atoms with Crippen LogP contribution in [0.1, 0.15) is 16.0 Å². The van der Waals surface area contributed by atoms with Crippen LogP contribution in [0.4, 0.5) is 5.13 Å². The van der Waals surface area contributed by atoms with Crippen LogP contribution in [0.2, 0.25) is 4.34 Å². The molecule has 1 N–H and O–H groups in total. The van der Waals surface area contributed by atoms with Crippen molar-refractivity contribution in [1.82, 2.24) is 4.98 Å². The Morgan fingerprint density at radius 2 is 2.00 bits per heavy atom. The van der Waals surface area contributed by atoms with E-state index in [2.05, 4.69) is 36.3 Å². The van der Waals surface area contributed by atoms with Gasteiger partial charge in [0.2, 0.25) is 5.91 Å². The molecule has 0 aliphatic heterocycles. The molecule has 0 fully saturated rings. The molecule has 3 rings (SSSR count). The van der Waals surface area contributed by atoms with Gasteiger partial charge in [-0.25, -0.2) is 4.98 Å². The van der Waals surface area contributed by atoms with E-state index in [1.54, 1.807) is 6.07 Å². The highest BCUT2D eigenvalue weighted by atomic mass is 35.5. The van der Waals surface area contributed by atoms with Crippen molar-refractivity contribution < 1.29 is 4.79 Å². The molecule has 0 saturated carbocycles. The summed E-state index contributed by atoms with van der Waals surface area (Å²) in [5.74, 6) is -0.0685. The monoisotopic (exact) mass is 336 g/mol. The topological polar surface area (TPSA) is 42.0 Å². The number of halogens is 1. The minimum absolute atomic E-state index is 0.0685. The molecule has 3 aromatic rings. The van der Waals surface area contributed by atoms with Crippen LogP contribution in [-0.4, -0.2) is 10.9 Å². The maximum Gasteiger partial charge on any atom is 0.231 e. The van der Waals surface area contributed by atoms with Crippen molar-refractivity contribution in [1.29, 1.82) is 0 Å². The molecule has 0 aliphatic carbocycles. The van der Waals surface area contributed by atoms with Gasteiger partial charge in [-0.15, -0.1) is 11.3 Å². The fraction of sp³-hybridized carbons (Fsp3) is 0.200. The molecule has 0 spiro atoms. The van der Waals surface area contributed by atoms with E-state index in [0.29, 0.717) is 15.9 Å². The number of aromatic nitrogens is 1. The summed E-state index contributed by atoms with van der Waals surface area (Å²) >= 11 is 8.79. The van der Waals surface area contributed by atoms with Gasteiger partial charge in [0.1, 0.15) is 0 Å². The molecular formula is C15H13ClN2OS2. The van der Waals surface area contributed by atoms with E-state index in [0.717, 1.165) is 15.1 Å². The number of hydrogen-bond donors (Lipinski definition) is 1. The van der Waals surface area contributed by atoms with Gasteiger partial charge in [-0.3, -0.25) is 4.79 Å². The Hall–Kier alpha value is -1.43. The van der Waals surface area contributed by atoms with E-state index in [9.17, 15) is 4.79 Å². The number of thiazole rings is 1. The highest BCUT2D eigenvalue weighted by molar-refractivity contribution is 7.22. The third kappa shape index (κ3) is 3.26. The molecule has 3 nitrogen and oxygen atoms in total. The highest BCUT2D eigenvalue weighted by Crippen LogP contribution is 2.28. The molecule has 0 aliphatic rings. The molecule has 2 aromatic heterocycles. The Labute approximate surface area is 135 Å². The average Bonchev–Trinajstić information content (AvgIpc) is 2.96. The summed E-state index contributed by atoms with van der Waals surface area (Å²) in [6.07, 6.45) is 0.325. The Kier molecular flexibility index (Phi) is 3.97. The third-order valence-electron chi connectivity index (χ3n) is 3.21. The lowest BCUT2D eigenvalue weighted by Crippen LogP contribution is -2.13. The van der Waals surface area contributed by atoms with Crippen LogP contribution in [0.5, 0.6) is 0 Å². The number of nitrogens with one attached hydrogen (secondary N) is 1. The lowest BCUT2D eigenvalue weighted by Gasteiger charge is -1.98. The van der Waals surface area contributed by atoms with Gasteiger partial charge in [0.25, 0.3) is 0 Å². The number of nitrogens with zero attached hydrogens (tertiary/aromatic N) is 1. The molecule has 1 aromatic carbocycles. The van der Waals surface area contributed by atoms with Crippen LogP contribution in [0.25, 0.3) is 10.2 Å². The van der Waals surface area contributed by atoms with Gasteiger partial charge in [-0.05, 0) is 49.2 Å². The highest BCUT2D eigenvalue weighted by Gasteiger charge is 2.10. The summed E-state index contributed by atoms with van der Waals surface area (Å²) < 4.78 is 1.79. The first-order chi connectivity index (χ1) is 10.0. The second kappa shape index (κ2) is 5.75. The second-order valence-corrected chi connectivity index (χ2v) is 7.68. The third-order valence-corrected chi connectivity index (χ3v) is 5.38. The van der Waals surface area contributed by atoms with E-state index in [1.165, 1.54) is 33.8 Å². The van der Waals surface area contributed by atoms with Crippen LogP contribution in [0.15, 0.2) is 24.3 Å². The van der Waals surface area contributed by atoms with Gasteiger partial charge < -0.3 is 5.32 Å². The van der Waals surface area contributed by atoms with Crippen LogP contribution < -0.4 is 5.32 Å². The molecule has 0 saturated heterocycles. The van der Waals surface area contributed by atoms with Crippen LogP contribution in [-0.2, 0) is 11.2 Å². The van der Waals surface area contributed by atoms with Gasteiger partial charge in [0.15, 0.2) is 5.13 Å². The van der Waals surface area contributed by atoms with Crippen molar-refractivity contribution in [2.75, 3.05) is 5.32 Å². The van der Waals surface area contributed by atoms with Crippen LogP contribution in [0, 0.1) is 13.8 Å². The first-order valence-electron chi connectivity index (χ1n) is 6.43. The van der Waals surface area contributed by atoms with Crippen molar-refractivity contribution in [3.8, 4) is 0 Å². The predicted octanol–water partition coefficient (Wildman–Crippen LogP) is 4.81. The molecule has 6 heteroatoms. The Bertz CT molecular complexity index is 783. The Morgan fingerprint density at radius 1 is 1.24 bits per heavy atom. The maximum absolute atomic E-state index is 12.0. The molecule has 0 bridgehead atoms. The Balaban J connectivity index is 1.76. The molecule has 2 heterocycles. The van der Waals surface area contributed by atoms with Gasteiger partial charge in [-0.2, -0.15) is 0 Å². The van der Waals surface area contributed by atoms with Crippen molar-refractivity contribution in [2.24, 2.45) is 0 Å². The van der Waals surface area contributed by atoms with E-state index in [1.807, 2.05) is 6.07 Å². The number of hydrogen-bond acceptors (Lipinski definition) is 4. The first kappa shape index (κ1) is 14.5. The number of rotatable bonds is 3. The zero-order valence-electron chi connectivity index (χ0n) is 11.6. The van der Waals surface area contributed by atoms with Crippen molar-refractivity contribution in [3.05, 3.63) is 44.6 Å². The largest absolute Gasteiger partial charge is 0.302 e. The molecule has 0 unspecified atom stereocenters. The molecule has 0 atom stereocenters. The van der Waals surface area contributed by atoms with E-state index >= 15 is 0 Å². The number of amides is 1. The van der Waals surface area contributed by atoms with Gasteiger partial charge in [-0.1, -0.05) is 22.9 Å². The zero-order chi connectivity index (χ0) is 15.0. The standard InChI is InChI=1S/C15H13ClN2OS2/c1-8-5-11-12(6-9(8)2)21-15(17-11)18-14(19)7-10-3-4-13(16)20-10/h3-6H,7H2,1-2H3,(H,17,18,19). The quantitative estimate of drug-likeness (QED) is 0.745. The fourth-order valence-electron chi connectivity index (χ4n) is 2.00. The van der Waals surface area contributed by atoms with E-state index < -0.39 is 0 Å². The normalized spacial score (nSPS) is 11.0. The predicted molar refractivity (Wildman–Crippen MR) is 90.8 cm³/mol. The number of thiophene rings is 1. The van der Waals surface area contributed by atoms with Crippen LogP contribution >= 0.6 is 34.3 Å². The lowest BCUT2D eigenvalue weighted by molar-refractivity contribution is -0.115. The smallest absolute Gasteiger partial charge is 0.231 e. The number of aryl methyl sites for hydroxylation is 2. The van der Waals surface area contributed by atoms with Gasteiger partial charge in [0, 0.05) is 4.88 Å². The number of carbonyl (C=O) groups is 1. The number of fused-ring (bicyclic) bond motifs is 1. The van der Waals surface area contributed by atoms with Crippen molar-refractivity contribution in [2.45, 2.75) is 20.3 Å². The summed E-state index contributed by atoms with van der Waals surface area (Å²) in [7, 11) is 0. The summed E-state index contributed by atoms with van der Waals surface area (Å²) in [5.41, 5.74) is 3.37. The first-order valence-corrected chi connectivity index (χ1v) is 8.44. The van der Waals surface area contributed by atoms with Crippen LogP contribution in [0.3, 0.4) is 0 Å². The summed E-state index contributed by atoms with van der Waals surface area (Å²) in [6.45, 7) is 4.14. The SMILES string of the molecule is Cc1cc2nc(NC(=O)Cc3ccc(Cl)s3)sc2cc1C. The number of benzene rings is 1. The molecule has 1 amide bonds. The molecular weight excluding hydrogens is 324 g/mol. The number of anilines is 1. The van der Waals surface area contributed by atoms with Gasteiger partial charge >= 0.3 is 0 Å². The van der Waals surface area contributed by atoms with Gasteiger partial charge in [0.05, 0.1) is 21.0 Å². The zero-order valence-corrected chi connectivity index (χ0v) is 14.0. The number of carbonyl (C=O) groups excluding carboxylic acids is 1. The lowest BCUT2D eigenvalue weighted by atomic mass is 10.1. The minimum atomic E-state index is -0.0685.